The quantitative estimate of drug-likeness (QED) is 0.335. The summed E-state index contributed by atoms with van der Waals surface area (Å²) < 4.78 is 25.2. The average Bonchev–Trinajstić information content (AvgIpc) is 2.92. The number of nitrogens with one attached hydrogen (secondary N) is 1. The van der Waals surface area contributed by atoms with Crippen molar-refractivity contribution in [2.75, 3.05) is 21.2 Å². The molecule has 3 aromatic carbocycles. The molecule has 6 heteroatoms. The molecule has 0 spiro atoms. The van der Waals surface area contributed by atoms with Gasteiger partial charge in [-0.25, -0.2) is 4.39 Å². The SMILES string of the molecule is COc1cc(/C=C/C(=O)NC2CCC(Cc3cccc(F)c3)(N(C)C)CC2)ccc1OCc1ccccc1. The third-order valence-electron chi connectivity index (χ3n) is 7.49. The Morgan fingerprint density at radius 3 is 2.42 bits per heavy atom. The van der Waals surface area contributed by atoms with Crippen molar-refractivity contribution in [1.82, 2.24) is 10.2 Å². The van der Waals surface area contributed by atoms with Crippen molar-refractivity contribution >= 4 is 12.0 Å². The van der Waals surface area contributed by atoms with Crippen molar-refractivity contribution < 1.29 is 18.7 Å². The minimum Gasteiger partial charge on any atom is -0.493 e. The average molecular weight is 517 g/mol. The molecule has 1 N–H and O–H groups in total. The Morgan fingerprint density at radius 1 is 1.00 bits per heavy atom. The van der Waals surface area contributed by atoms with Crippen molar-refractivity contribution in [2.45, 2.75) is 50.3 Å². The van der Waals surface area contributed by atoms with Crippen LogP contribution in [0.3, 0.4) is 0 Å². The first-order valence-corrected chi connectivity index (χ1v) is 13.1. The topological polar surface area (TPSA) is 50.8 Å². The summed E-state index contributed by atoms with van der Waals surface area (Å²) in [7, 11) is 5.79. The van der Waals surface area contributed by atoms with E-state index in [1.165, 1.54) is 6.07 Å². The van der Waals surface area contributed by atoms with Gasteiger partial charge in [0, 0.05) is 17.7 Å². The number of carbonyl (C=O) groups is 1. The van der Waals surface area contributed by atoms with Gasteiger partial charge in [0.1, 0.15) is 12.4 Å². The number of methoxy groups -OCH3 is 1. The van der Waals surface area contributed by atoms with E-state index in [-0.39, 0.29) is 23.3 Å². The van der Waals surface area contributed by atoms with Gasteiger partial charge in [0.2, 0.25) is 5.91 Å². The number of rotatable bonds is 10. The number of hydrogen-bond donors (Lipinski definition) is 1. The lowest BCUT2D eigenvalue weighted by Gasteiger charge is -2.45. The summed E-state index contributed by atoms with van der Waals surface area (Å²) in [6, 6.07) is 22.6. The molecule has 1 saturated carbocycles. The van der Waals surface area contributed by atoms with Gasteiger partial charge in [-0.3, -0.25) is 4.79 Å². The maximum Gasteiger partial charge on any atom is 0.244 e. The van der Waals surface area contributed by atoms with Crippen LogP contribution in [0.5, 0.6) is 11.5 Å². The summed E-state index contributed by atoms with van der Waals surface area (Å²) >= 11 is 0. The molecular weight excluding hydrogens is 479 g/mol. The lowest BCUT2D eigenvalue weighted by molar-refractivity contribution is -0.117. The normalized spacial score (nSPS) is 19.4. The maximum atomic E-state index is 13.7. The molecule has 1 aliphatic rings. The van der Waals surface area contributed by atoms with Crippen LogP contribution in [0.15, 0.2) is 78.9 Å². The van der Waals surface area contributed by atoms with E-state index >= 15 is 0 Å². The first-order chi connectivity index (χ1) is 18.4. The minimum absolute atomic E-state index is 0.0360. The Kier molecular flexibility index (Phi) is 9.19. The lowest BCUT2D eigenvalue weighted by atomic mass is 9.75. The summed E-state index contributed by atoms with van der Waals surface area (Å²) in [5.41, 5.74) is 2.91. The minimum atomic E-state index is -0.198. The Labute approximate surface area is 225 Å². The third kappa shape index (κ3) is 7.23. The zero-order chi connectivity index (χ0) is 27.0. The van der Waals surface area contributed by atoms with E-state index in [1.54, 1.807) is 31.4 Å². The smallest absolute Gasteiger partial charge is 0.244 e. The second-order valence-corrected chi connectivity index (χ2v) is 10.2. The van der Waals surface area contributed by atoms with Gasteiger partial charge in [0.25, 0.3) is 0 Å². The van der Waals surface area contributed by atoms with Crippen molar-refractivity contribution in [3.63, 3.8) is 0 Å². The van der Waals surface area contributed by atoms with Crippen LogP contribution in [-0.4, -0.2) is 43.6 Å². The van der Waals surface area contributed by atoms with E-state index in [2.05, 4.69) is 24.3 Å². The highest BCUT2D eigenvalue weighted by molar-refractivity contribution is 5.92. The first-order valence-electron chi connectivity index (χ1n) is 13.1. The molecule has 0 atom stereocenters. The number of halogens is 1. The molecule has 0 saturated heterocycles. The highest BCUT2D eigenvalue weighted by Crippen LogP contribution is 2.35. The highest BCUT2D eigenvalue weighted by Gasteiger charge is 2.37. The van der Waals surface area contributed by atoms with Gasteiger partial charge in [-0.15, -0.1) is 0 Å². The summed E-state index contributed by atoms with van der Waals surface area (Å²) in [5.74, 6) is 0.967. The molecule has 38 heavy (non-hydrogen) atoms. The fraction of sp³-hybridized carbons (Fsp3) is 0.344. The number of ether oxygens (including phenoxy) is 2. The Hall–Kier alpha value is -3.64. The van der Waals surface area contributed by atoms with Gasteiger partial charge < -0.3 is 19.7 Å². The fourth-order valence-corrected chi connectivity index (χ4v) is 5.17. The van der Waals surface area contributed by atoms with Gasteiger partial charge in [-0.2, -0.15) is 0 Å². The molecule has 0 aromatic heterocycles. The van der Waals surface area contributed by atoms with Crippen molar-refractivity contribution in [3.05, 3.63) is 101 Å². The zero-order valence-electron chi connectivity index (χ0n) is 22.5. The van der Waals surface area contributed by atoms with Crippen LogP contribution in [0.2, 0.25) is 0 Å². The number of hydrogen-bond acceptors (Lipinski definition) is 4. The van der Waals surface area contributed by atoms with Crippen LogP contribution in [0, 0.1) is 5.82 Å². The van der Waals surface area contributed by atoms with Gasteiger partial charge in [0.05, 0.1) is 7.11 Å². The number of benzene rings is 3. The molecule has 4 rings (SSSR count). The van der Waals surface area contributed by atoms with Crippen LogP contribution in [0.25, 0.3) is 6.08 Å². The van der Waals surface area contributed by atoms with Crippen LogP contribution in [0.4, 0.5) is 4.39 Å². The Morgan fingerprint density at radius 2 is 1.74 bits per heavy atom. The number of nitrogens with zero attached hydrogens (tertiary/aromatic N) is 1. The van der Waals surface area contributed by atoms with Crippen LogP contribution in [-0.2, 0) is 17.8 Å². The lowest BCUT2D eigenvalue weighted by Crippen LogP contribution is -2.52. The van der Waals surface area contributed by atoms with Gasteiger partial charge in [-0.05, 0) is 93.2 Å². The van der Waals surface area contributed by atoms with Crippen LogP contribution < -0.4 is 14.8 Å². The molecule has 1 amide bonds. The Balaban J connectivity index is 1.30. The largest absolute Gasteiger partial charge is 0.493 e. The molecule has 200 valence electrons. The van der Waals surface area contributed by atoms with Crippen LogP contribution >= 0.6 is 0 Å². The summed E-state index contributed by atoms with van der Waals surface area (Å²) in [6.07, 6.45) is 7.79. The first kappa shape index (κ1) is 27.4. The predicted molar refractivity (Wildman–Crippen MR) is 150 cm³/mol. The molecule has 0 aliphatic heterocycles. The highest BCUT2D eigenvalue weighted by atomic mass is 19.1. The summed E-state index contributed by atoms with van der Waals surface area (Å²) in [4.78, 5) is 14.9. The molecule has 5 nitrogen and oxygen atoms in total. The van der Waals surface area contributed by atoms with Crippen molar-refractivity contribution in [3.8, 4) is 11.5 Å². The second kappa shape index (κ2) is 12.7. The monoisotopic (exact) mass is 516 g/mol. The van der Waals surface area contributed by atoms with Crippen molar-refractivity contribution in [2.24, 2.45) is 0 Å². The molecule has 0 bridgehead atoms. The molecule has 0 unspecified atom stereocenters. The van der Waals surface area contributed by atoms with Gasteiger partial charge in [0.15, 0.2) is 11.5 Å². The summed E-state index contributed by atoms with van der Waals surface area (Å²) in [6.45, 7) is 0.452. The third-order valence-corrected chi connectivity index (χ3v) is 7.49. The van der Waals surface area contributed by atoms with Crippen LogP contribution in [0.1, 0.15) is 42.4 Å². The van der Waals surface area contributed by atoms with E-state index in [1.807, 2.05) is 54.6 Å². The van der Waals surface area contributed by atoms with Gasteiger partial charge in [-0.1, -0.05) is 48.5 Å². The fourth-order valence-electron chi connectivity index (χ4n) is 5.17. The van der Waals surface area contributed by atoms with Gasteiger partial charge >= 0.3 is 0 Å². The molecule has 3 aromatic rings. The molecule has 1 fully saturated rings. The number of carbonyl (C=O) groups excluding carboxylic acids is 1. The maximum absolute atomic E-state index is 13.7. The second-order valence-electron chi connectivity index (χ2n) is 10.2. The summed E-state index contributed by atoms with van der Waals surface area (Å²) in [5, 5.41) is 3.16. The molecular formula is C32H37FN2O3. The van der Waals surface area contributed by atoms with Crippen molar-refractivity contribution in [1.29, 1.82) is 0 Å². The van der Waals surface area contributed by atoms with E-state index < -0.39 is 0 Å². The van der Waals surface area contributed by atoms with E-state index in [0.717, 1.165) is 48.8 Å². The number of amides is 1. The molecule has 0 heterocycles. The van der Waals surface area contributed by atoms with E-state index in [4.69, 9.17) is 9.47 Å². The van der Waals surface area contributed by atoms with E-state index in [0.29, 0.717) is 18.1 Å². The van der Waals surface area contributed by atoms with E-state index in [9.17, 15) is 9.18 Å². The molecule has 0 radical (unpaired) electrons. The Bertz CT molecular complexity index is 1230. The zero-order valence-corrected chi connectivity index (χ0v) is 22.5. The standard InChI is InChI=1S/C32H37FN2O3/c1-35(2)32(22-26-10-7-11-27(33)20-26)18-16-28(17-19-32)34-31(36)15-13-24-12-14-29(30(21-24)37-3)38-23-25-8-5-4-6-9-25/h4-15,20-21,28H,16-19,22-23H2,1-3H3,(H,34,36)/b15-13+. The predicted octanol–water partition coefficient (Wildman–Crippen LogP) is 6.03. The number of likely N-dealkylation sites (N-methyl/N-ethyl adjacent to an activating group) is 1. The molecule has 1 aliphatic carbocycles.